The zero-order valence-electron chi connectivity index (χ0n) is 15.1. The van der Waals surface area contributed by atoms with Crippen LogP contribution >= 0.6 is 0 Å². The van der Waals surface area contributed by atoms with Crippen LogP contribution in [0.4, 0.5) is 4.70 Å². The Bertz CT molecular complexity index is 545. The van der Waals surface area contributed by atoms with Gasteiger partial charge in [-0.2, -0.15) is 0 Å². The molecule has 1 aromatic heterocycles. The molecule has 0 aliphatic carbocycles. The molecule has 1 aromatic rings. The van der Waals surface area contributed by atoms with Crippen molar-refractivity contribution in [2.24, 2.45) is 0 Å². The first-order valence-corrected chi connectivity index (χ1v) is 8.47. The van der Waals surface area contributed by atoms with Crippen molar-refractivity contribution in [2.45, 2.75) is 44.6 Å². The van der Waals surface area contributed by atoms with Crippen molar-refractivity contribution >= 4 is 11.9 Å². The second kappa shape index (κ2) is 14.8. The van der Waals surface area contributed by atoms with Gasteiger partial charge in [0.25, 0.3) is 0 Å². The molecule has 2 heterocycles. The highest BCUT2D eigenvalue weighted by Crippen LogP contribution is 2.17. The lowest BCUT2D eigenvalue weighted by Crippen LogP contribution is -2.45. The number of ether oxygens (including phenoxy) is 1. The molecule has 144 valence electrons. The highest BCUT2D eigenvalue weighted by atomic mass is 19.0. The van der Waals surface area contributed by atoms with Gasteiger partial charge in [-0.3, -0.25) is 19.3 Å². The normalized spacial score (nSPS) is 15.5. The molecular formula is C19H27FN2O4. The van der Waals surface area contributed by atoms with Crippen LogP contribution in [0, 0.1) is 11.8 Å². The van der Waals surface area contributed by atoms with Gasteiger partial charge in [-0.15, -0.1) is 5.92 Å². The van der Waals surface area contributed by atoms with E-state index in [1.54, 1.807) is 17.3 Å². The average Bonchev–Trinajstić information content (AvgIpc) is 2.67. The summed E-state index contributed by atoms with van der Waals surface area (Å²) in [6.45, 7) is 0.359. The molecule has 1 fully saturated rings. The fourth-order valence-electron chi connectivity index (χ4n) is 2.36. The Hall–Kier alpha value is -2.46. The van der Waals surface area contributed by atoms with Crippen LogP contribution in [0.1, 0.15) is 38.5 Å². The molecule has 1 amide bonds. The lowest BCUT2D eigenvalue weighted by atomic mass is 10.0. The van der Waals surface area contributed by atoms with Crippen molar-refractivity contribution in [3.8, 4) is 11.8 Å². The van der Waals surface area contributed by atoms with Crippen LogP contribution in [0.5, 0.6) is 0 Å². The number of hydrogen-bond acceptors (Lipinski definition) is 5. The number of unbranched alkanes of at least 4 members (excludes halogenated alkanes) is 1. The van der Waals surface area contributed by atoms with Crippen molar-refractivity contribution in [1.29, 1.82) is 0 Å². The maximum atomic E-state index is 11.7. The summed E-state index contributed by atoms with van der Waals surface area (Å²) in [5.74, 6) is 5.71. The summed E-state index contributed by atoms with van der Waals surface area (Å²) in [5.41, 5.74) is 0. The minimum atomic E-state index is -0.228. The van der Waals surface area contributed by atoms with E-state index in [2.05, 4.69) is 21.6 Å². The largest absolute Gasteiger partial charge is 0.469 e. The molecule has 1 saturated heterocycles. The van der Waals surface area contributed by atoms with Crippen LogP contribution in [0.15, 0.2) is 30.6 Å². The summed E-state index contributed by atoms with van der Waals surface area (Å²) in [7, 11) is 1.37. The summed E-state index contributed by atoms with van der Waals surface area (Å²) in [4.78, 5) is 28.0. The quantitative estimate of drug-likeness (QED) is 0.489. The zero-order chi connectivity index (χ0) is 18.3. The number of amides is 1. The molecule has 0 saturated carbocycles. The lowest BCUT2D eigenvalue weighted by molar-refractivity contribution is -0.140. The Morgan fingerprint density at radius 2 is 2.08 bits per heavy atom. The van der Waals surface area contributed by atoms with E-state index in [1.165, 1.54) is 7.11 Å². The van der Waals surface area contributed by atoms with E-state index in [0.717, 1.165) is 12.8 Å². The molecule has 0 unspecified atom stereocenters. The maximum absolute atomic E-state index is 11.7. The molecule has 0 bridgehead atoms. The number of carbonyl (C=O) groups is 2. The number of methoxy groups -OCH3 is 1. The number of pyridine rings is 1. The summed E-state index contributed by atoms with van der Waals surface area (Å²) < 4.78 is 4.53. The minimum Gasteiger partial charge on any atom is -0.469 e. The minimum absolute atomic E-state index is 0. The smallest absolute Gasteiger partial charge is 0.305 e. The highest BCUT2D eigenvalue weighted by Gasteiger charge is 2.26. The van der Waals surface area contributed by atoms with Gasteiger partial charge in [0, 0.05) is 31.7 Å². The van der Waals surface area contributed by atoms with Crippen LogP contribution in [-0.2, 0) is 14.3 Å². The SMILES string of the molecule is COC(=O)CCCC#CCN1C(=O)CCC[C@@H]1CO.F.c1ccncc1. The third-order valence-corrected chi connectivity index (χ3v) is 3.75. The van der Waals surface area contributed by atoms with Gasteiger partial charge in [0.15, 0.2) is 0 Å². The molecule has 0 aromatic carbocycles. The van der Waals surface area contributed by atoms with Crippen molar-refractivity contribution in [1.82, 2.24) is 9.88 Å². The van der Waals surface area contributed by atoms with E-state index < -0.39 is 0 Å². The van der Waals surface area contributed by atoms with E-state index in [0.29, 0.717) is 32.2 Å². The average molecular weight is 366 g/mol. The number of esters is 1. The van der Waals surface area contributed by atoms with Gasteiger partial charge in [0.05, 0.1) is 26.3 Å². The second-order valence-electron chi connectivity index (χ2n) is 5.56. The van der Waals surface area contributed by atoms with Gasteiger partial charge < -0.3 is 14.7 Å². The lowest BCUT2D eigenvalue weighted by Gasteiger charge is -2.32. The van der Waals surface area contributed by atoms with Crippen LogP contribution in [0.25, 0.3) is 0 Å². The molecule has 6 nitrogen and oxygen atoms in total. The van der Waals surface area contributed by atoms with Gasteiger partial charge >= 0.3 is 5.97 Å². The van der Waals surface area contributed by atoms with Gasteiger partial charge in [-0.25, -0.2) is 0 Å². The second-order valence-corrected chi connectivity index (χ2v) is 5.56. The number of halogens is 1. The number of nitrogens with zero attached hydrogens (tertiary/aromatic N) is 2. The van der Waals surface area contributed by atoms with Crippen molar-refractivity contribution < 1.29 is 24.1 Å². The predicted molar refractivity (Wildman–Crippen MR) is 96.8 cm³/mol. The summed E-state index contributed by atoms with van der Waals surface area (Å²) in [6, 6.07) is 5.62. The van der Waals surface area contributed by atoms with Crippen LogP contribution in [0.3, 0.4) is 0 Å². The molecule has 0 spiro atoms. The first-order chi connectivity index (χ1) is 12.2. The van der Waals surface area contributed by atoms with Gasteiger partial charge in [0.2, 0.25) is 5.91 Å². The molecule has 26 heavy (non-hydrogen) atoms. The van der Waals surface area contributed by atoms with Gasteiger partial charge in [0.1, 0.15) is 0 Å². The third-order valence-electron chi connectivity index (χ3n) is 3.75. The number of rotatable bonds is 5. The Labute approximate surface area is 153 Å². The number of piperidine rings is 1. The summed E-state index contributed by atoms with van der Waals surface area (Å²) in [6.07, 6.45) is 7.37. The Morgan fingerprint density at radius 3 is 2.62 bits per heavy atom. The van der Waals surface area contributed by atoms with Crippen LogP contribution in [0.2, 0.25) is 0 Å². The van der Waals surface area contributed by atoms with E-state index in [1.807, 2.05) is 18.2 Å². The molecule has 2 rings (SSSR count). The van der Waals surface area contributed by atoms with E-state index in [9.17, 15) is 14.7 Å². The van der Waals surface area contributed by atoms with Crippen LogP contribution in [-0.4, -0.2) is 53.2 Å². The molecule has 1 atom stereocenters. The van der Waals surface area contributed by atoms with Gasteiger partial charge in [-0.1, -0.05) is 12.0 Å². The molecule has 1 N–H and O–H groups in total. The van der Waals surface area contributed by atoms with Crippen molar-refractivity contribution in [3.05, 3.63) is 30.6 Å². The number of aliphatic hydroxyl groups excluding tert-OH is 1. The standard InChI is InChI=1S/C14H21NO4.C5H5N.FH/c1-19-14(18)9-4-2-3-5-10-15-12(11-16)7-6-8-13(15)17;1-2-4-6-5-3-1;/h12,16H,2,4,6-11H2,1H3;1-5H;1H/t12-;;/m1../s1. The molecule has 1 aliphatic rings. The number of carbonyl (C=O) groups excluding carboxylic acids is 2. The van der Waals surface area contributed by atoms with Crippen molar-refractivity contribution in [2.75, 3.05) is 20.3 Å². The monoisotopic (exact) mass is 366 g/mol. The predicted octanol–water partition coefficient (Wildman–Crippen LogP) is 1.94. The fourth-order valence-corrected chi connectivity index (χ4v) is 2.36. The number of aliphatic hydroxyl groups is 1. The molecule has 1 aliphatic heterocycles. The number of likely N-dealkylation sites (tertiary alicyclic amines) is 1. The summed E-state index contributed by atoms with van der Waals surface area (Å²) in [5, 5.41) is 9.21. The number of hydrogen-bond donors (Lipinski definition) is 1. The van der Waals surface area contributed by atoms with E-state index in [4.69, 9.17) is 0 Å². The fraction of sp³-hybridized carbons (Fsp3) is 0.526. The molecule has 7 heteroatoms. The van der Waals surface area contributed by atoms with Crippen LogP contribution < -0.4 is 0 Å². The third kappa shape index (κ3) is 9.74. The van der Waals surface area contributed by atoms with Gasteiger partial charge in [-0.05, 0) is 31.4 Å². The Kier molecular flexibility index (Phi) is 13.4. The molecule has 0 radical (unpaired) electrons. The zero-order valence-corrected chi connectivity index (χ0v) is 15.1. The first kappa shape index (κ1) is 23.5. The Morgan fingerprint density at radius 1 is 1.35 bits per heavy atom. The van der Waals surface area contributed by atoms with Crippen molar-refractivity contribution in [3.63, 3.8) is 0 Å². The highest BCUT2D eigenvalue weighted by molar-refractivity contribution is 5.77. The summed E-state index contributed by atoms with van der Waals surface area (Å²) >= 11 is 0. The topological polar surface area (TPSA) is 79.7 Å². The number of aromatic nitrogens is 1. The maximum Gasteiger partial charge on any atom is 0.305 e. The first-order valence-electron chi connectivity index (χ1n) is 8.47. The Balaban J connectivity index is 0.000000754. The molecular weight excluding hydrogens is 339 g/mol. The van der Waals surface area contributed by atoms with E-state index >= 15 is 0 Å². The van der Waals surface area contributed by atoms with E-state index in [-0.39, 0.29) is 29.2 Å².